The van der Waals surface area contributed by atoms with Gasteiger partial charge in [0.15, 0.2) is 5.78 Å². The Hall–Kier alpha value is -4.43. The van der Waals surface area contributed by atoms with Gasteiger partial charge in [-0.15, -0.1) is 0 Å². The molecule has 2 amide bonds. The molecule has 8 heteroatoms. The molecule has 2 heterocycles. The van der Waals surface area contributed by atoms with Crippen molar-refractivity contribution in [3.63, 3.8) is 0 Å². The fraction of sp³-hybridized carbons (Fsp3) is 0.179. The minimum Gasteiger partial charge on any atom is -0.369 e. The number of anilines is 3. The summed E-state index contributed by atoms with van der Waals surface area (Å²) in [5.74, 6) is -0.992. The largest absolute Gasteiger partial charge is 0.369 e. The van der Waals surface area contributed by atoms with E-state index in [0.29, 0.717) is 28.0 Å². The van der Waals surface area contributed by atoms with E-state index in [1.165, 1.54) is 17.8 Å². The first kappa shape index (κ1) is 23.3. The van der Waals surface area contributed by atoms with E-state index in [0.717, 1.165) is 37.4 Å². The fourth-order valence-corrected chi connectivity index (χ4v) is 4.42. The Bertz CT molecular complexity index is 1350. The average Bonchev–Trinajstić information content (AvgIpc) is 3.21. The topological polar surface area (TPSA) is 108 Å². The van der Waals surface area contributed by atoms with Crippen LogP contribution in [-0.4, -0.2) is 55.7 Å². The van der Waals surface area contributed by atoms with E-state index in [9.17, 15) is 14.4 Å². The van der Waals surface area contributed by atoms with Gasteiger partial charge in [0.1, 0.15) is 0 Å². The zero-order valence-corrected chi connectivity index (χ0v) is 20.0. The Morgan fingerprint density at radius 2 is 1.53 bits per heavy atom. The van der Waals surface area contributed by atoms with Crippen LogP contribution in [0.4, 0.5) is 17.1 Å². The highest BCUT2D eigenvalue weighted by atomic mass is 16.2. The molecule has 5 rings (SSSR count). The highest BCUT2D eigenvalue weighted by molar-refractivity contribution is 6.32. The van der Waals surface area contributed by atoms with Crippen molar-refractivity contribution in [3.8, 4) is 0 Å². The minimum absolute atomic E-state index is 0.209. The Labute approximate surface area is 209 Å². The second-order valence-corrected chi connectivity index (χ2v) is 9.02. The molecule has 0 aliphatic carbocycles. The summed E-state index contributed by atoms with van der Waals surface area (Å²) in [5, 5.41) is 6.06. The maximum absolute atomic E-state index is 12.9. The van der Waals surface area contributed by atoms with Crippen molar-refractivity contribution in [3.05, 3.63) is 95.2 Å². The standard InChI is InChI=1S/C28H27N5O3/c1-32-12-14-33(15-13-32)22-9-7-21(8-10-22)30-17-24-23-11-6-20(16-25(23)31-28(24)36)26(34)18-2-4-19(5-3-18)27(29)35/h2-11,16-17,30H,12-15H2,1H3,(H2,29,35)(H,31,36). The number of benzene rings is 3. The summed E-state index contributed by atoms with van der Waals surface area (Å²) >= 11 is 0. The zero-order chi connectivity index (χ0) is 25.2. The molecular weight excluding hydrogens is 454 g/mol. The quantitative estimate of drug-likeness (QED) is 0.369. The lowest BCUT2D eigenvalue weighted by Gasteiger charge is -2.34. The van der Waals surface area contributed by atoms with Gasteiger partial charge in [0.25, 0.3) is 5.91 Å². The lowest BCUT2D eigenvalue weighted by atomic mass is 9.99. The summed E-state index contributed by atoms with van der Waals surface area (Å²) < 4.78 is 0. The SMILES string of the molecule is CN1CCN(c2ccc(NC=C3C(=O)Nc4cc(C(=O)c5ccc(C(N)=O)cc5)ccc43)cc2)CC1. The molecule has 182 valence electrons. The van der Waals surface area contributed by atoms with E-state index >= 15 is 0 Å². The average molecular weight is 482 g/mol. The van der Waals surface area contributed by atoms with E-state index in [-0.39, 0.29) is 11.7 Å². The molecule has 4 N–H and O–H groups in total. The third-order valence-corrected chi connectivity index (χ3v) is 6.62. The second-order valence-electron chi connectivity index (χ2n) is 9.02. The third kappa shape index (κ3) is 4.71. The zero-order valence-electron chi connectivity index (χ0n) is 20.0. The van der Waals surface area contributed by atoms with E-state index in [1.54, 1.807) is 36.5 Å². The summed E-state index contributed by atoms with van der Waals surface area (Å²) in [6.45, 7) is 4.12. The highest BCUT2D eigenvalue weighted by Gasteiger charge is 2.25. The minimum atomic E-state index is -0.548. The molecule has 3 aromatic rings. The van der Waals surface area contributed by atoms with Gasteiger partial charge in [-0.2, -0.15) is 0 Å². The van der Waals surface area contributed by atoms with Crippen LogP contribution in [0.15, 0.2) is 72.9 Å². The van der Waals surface area contributed by atoms with Crippen molar-refractivity contribution in [2.24, 2.45) is 5.73 Å². The van der Waals surface area contributed by atoms with Crippen LogP contribution in [0.25, 0.3) is 5.57 Å². The van der Waals surface area contributed by atoms with Gasteiger partial charge in [-0.25, -0.2) is 0 Å². The Morgan fingerprint density at radius 1 is 0.889 bits per heavy atom. The molecule has 2 aliphatic heterocycles. The number of hydrogen-bond acceptors (Lipinski definition) is 6. The molecule has 0 spiro atoms. The van der Waals surface area contributed by atoms with E-state index in [4.69, 9.17) is 5.73 Å². The first-order valence-corrected chi connectivity index (χ1v) is 11.8. The third-order valence-electron chi connectivity index (χ3n) is 6.62. The first-order chi connectivity index (χ1) is 17.4. The van der Waals surface area contributed by atoms with Crippen LogP contribution < -0.4 is 21.3 Å². The van der Waals surface area contributed by atoms with Gasteiger partial charge in [-0.3, -0.25) is 14.4 Å². The van der Waals surface area contributed by atoms with Crippen molar-refractivity contribution >= 4 is 40.2 Å². The summed E-state index contributed by atoms with van der Waals surface area (Å²) in [5.41, 5.74) is 10.3. The number of ketones is 1. The van der Waals surface area contributed by atoms with Crippen LogP contribution in [-0.2, 0) is 4.79 Å². The summed E-state index contributed by atoms with van der Waals surface area (Å²) in [7, 11) is 2.14. The number of piperazine rings is 1. The highest BCUT2D eigenvalue weighted by Crippen LogP contribution is 2.33. The van der Waals surface area contributed by atoms with Crippen molar-refractivity contribution in [1.82, 2.24) is 4.90 Å². The molecule has 0 atom stereocenters. The van der Waals surface area contributed by atoms with E-state index < -0.39 is 5.91 Å². The molecule has 0 radical (unpaired) electrons. The maximum Gasteiger partial charge on any atom is 0.257 e. The number of nitrogens with one attached hydrogen (secondary N) is 2. The summed E-state index contributed by atoms with van der Waals surface area (Å²) in [6, 6.07) is 19.5. The number of rotatable bonds is 6. The number of carbonyl (C=O) groups is 3. The van der Waals surface area contributed by atoms with Gasteiger partial charge >= 0.3 is 0 Å². The monoisotopic (exact) mass is 481 g/mol. The number of fused-ring (bicyclic) bond motifs is 1. The maximum atomic E-state index is 12.9. The van der Waals surface area contributed by atoms with Crippen LogP contribution in [0, 0.1) is 0 Å². The van der Waals surface area contributed by atoms with Crippen LogP contribution in [0.1, 0.15) is 31.8 Å². The fourth-order valence-electron chi connectivity index (χ4n) is 4.42. The van der Waals surface area contributed by atoms with Gasteiger partial charge in [0.05, 0.1) is 5.57 Å². The molecule has 8 nitrogen and oxygen atoms in total. The van der Waals surface area contributed by atoms with Crippen LogP contribution in [0.3, 0.4) is 0 Å². The van der Waals surface area contributed by atoms with Crippen LogP contribution in [0.5, 0.6) is 0 Å². The number of carbonyl (C=O) groups excluding carboxylic acids is 3. The predicted molar refractivity (Wildman–Crippen MR) is 141 cm³/mol. The smallest absolute Gasteiger partial charge is 0.257 e. The van der Waals surface area contributed by atoms with E-state index in [2.05, 4.69) is 39.6 Å². The number of amides is 2. The molecule has 0 unspecified atom stereocenters. The van der Waals surface area contributed by atoms with E-state index in [1.807, 2.05) is 12.1 Å². The van der Waals surface area contributed by atoms with Gasteiger partial charge in [0, 0.05) is 71.7 Å². The number of likely N-dealkylation sites (N-methyl/N-ethyl adjacent to an activating group) is 1. The van der Waals surface area contributed by atoms with Crippen molar-refractivity contribution in [2.75, 3.05) is 48.8 Å². The molecular formula is C28H27N5O3. The Morgan fingerprint density at radius 3 is 2.19 bits per heavy atom. The number of primary amides is 1. The molecule has 1 fully saturated rings. The van der Waals surface area contributed by atoms with Crippen molar-refractivity contribution in [2.45, 2.75) is 0 Å². The molecule has 0 bridgehead atoms. The van der Waals surface area contributed by atoms with Crippen LogP contribution in [0.2, 0.25) is 0 Å². The summed E-state index contributed by atoms with van der Waals surface area (Å²) in [6.07, 6.45) is 1.69. The van der Waals surface area contributed by atoms with Crippen LogP contribution >= 0.6 is 0 Å². The molecule has 0 aromatic heterocycles. The predicted octanol–water partition coefficient (Wildman–Crippen LogP) is 3.17. The lowest BCUT2D eigenvalue weighted by Crippen LogP contribution is -2.44. The molecule has 1 saturated heterocycles. The number of nitrogens with two attached hydrogens (primary N) is 1. The Kier molecular flexibility index (Phi) is 6.26. The number of hydrogen-bond donors (Lipinski definition) is 3. The molecule has 36 heavy (non-hydrogen) atoms. The molecule has 3 aromatic carbocycles. The van der Waals surface area contributed by atoms with Gasteiger partial charge < -0.3 is 26.2 Å². The van der Waals surface area contributed by atoms with Gasteiger partial charge in [-0.05, 0) is 49.5 Å². The number of nitrogens with zero attached hydrogens (tertiary/aromatic N) is 2. The second kappa shape index (κ2) is 9.67. The van der Waals surface area contributed by atoms with Crippen molar-refractivity contribution < 1.29 is 14.4 Å². The lowest BCUT2D eigenvalue weighted by molar-refractivity contribution is -0.110. The molecule has 0 saturated carbocycles. The first-order valence-electron chi connectivity index (χ1n) is 11.8. The molecule has 2 aliphatic rings. The summed E-state index contributed by atoms with van der Waals surface area (Å²) in [4.78, 5) is 41.5. The Balaban J connectivity index is 1.29. The normalized spacial score (nSPS) is 16.5. The van der Waals surface area contributed by atoms with Crippen molar-refractivity contribution in [1.29, 1.82) is 0 Å². The van der Waals surface area contributed by atoms with Gasteiger partial charge in [0.2, 0.25) is 5.91 Å². The van der Waals surface area contributed by atoms with Gasteiger partial charge in [-0.1, -0.05) is 24.3 Å².